The fourth-order valence-corrected chi connectivity index (χ4v) is 5.05. The Morgan fingerprint density at radius 3 is 3.00 bits per heavy atom. The summed E-state index contributed by atoms with van der Waals surface area (Å²) in [5.41, 5.74) is 2.37. The first-order valence-electron chi connectivity index (χ1n) is 6.93. The van der Waals surface area contributed by atoms with Crippen LogP contribution in [0.2, 0.25) is 0 Å². The van der Waals surface area contributed by atoms with Gasteiger partial charge in [0.15, 0.2) is 10.8 Å². The van der Waals surface area contributed by atoms with Crippen molar-refractivity contribution in [2.45, 2.75) is 31.2 Å². The molecule has 7 nitrogen and oxygen atoms in total. The van der Waals surface area contributed by atoms with E-state index < -0.39 is 10.0 Å². The highest BCUT2D eigenvalue weighted by molar-refractivity contribution is 7.89. The van der Waals surface area contributed by atoms with E-state index in [0.717, 1.165) is 12.8 Å². The van der Waals surface area contributed by atoms with Crippen molar-refractivity contribution in [2.24, 2.45) is 17.7 Å². The average molecular weight is 329 g/mol. The molecule has 0 bridgehead atoms. The van der Waals surface area contributed by atoms with Crippen LogP contribution in [0.5, 0.6) is 0 Å². The Hall–Kier alpha value is -1.16. The number of nitrogens with one attached hydrogen (secondary N) is 2. The second kappa shape index (κ2) is 5.56. The van der Waals surface area contributed by atoms with E-state index in [4.69, 9.17) is 5.84 Å². The van der Waals surface area contributed by atoms with Gasteiger partial charge in [-0.15, -0.1) is 11.3 Å². The maximum atomic E-state index is 12.6. The van der Waals surface area contributed by atoms with E-state index >= 15 is 0 Å². The zero-order valence-electron chi connectivity index (χ0n) is 11.7. The van der Waals surface area contributed by atoms with Crippen molar-refractivity contribution in [1.29, 1.82) is 0 Å². The highest BCUT2D eigenvalue weighted by atomic mass is 32.2. The van der Waals surface area contributed by atoms with Gasteiger partial charge in [0.05, 0.1) is 0 Å². The van der Waals surface area contributed by atoms with Gasteiger partial charge < -0.3 is 5.43 Å². The summed E-state index contributed by atoms with van der Waals surface area (Å²) in [7, 11) is -3.65. The first kappa shape index (κ1) is 14.8. The summed E-state index contributed by atoms with van der Waals surface area (Å²) in [6.07, 6.45) is 5.00. The number of thiazole rings is 1. The number of imidazole rings is 1. The second-order valence-corrected chi connectivity index (χ2v) is 8.16. The topological polar surface area (TPSA) is 102 Å². The molecule has 0 aliphatic heterocycles. The Bertz CT molecular complexity index is 736. The Labute approximate surface area is 127 Å². The van der Waals surface area contributed by atoms with Crippen molar-refractivity contribution in [3.8, 4) is 0 Å². The molecule has 4 N–H and O–H groups in total. The minimum absolute atomic E-state index is 0.0762. The van der Waals surface area contributed by atoms with Gasteiger partial charge in [0.25, 0.3) is 10.0 Å². The van der Waals surface area contributed by atoms with Gasteiger partial charge in [0, 0.05) is 18.1 Å². The normalized spacial score (nSPS) is 23.0. The highest BCUT2D eigenvalue weighted by Gasteiger charge is 2.28. The second-order valence-electron chi connectivity index (χ2n) is 5.60. The van der Waals surface area contributed by atoms with Crippen LogP contribution in [0.15, 0.2) is 16.6 Å². The van der Waals surface area contributed by atoms with Gasteiger partial charge in [-0.1, -0.05) is 13.3 Å². The summed E-state index contributed by atoms with van der Waals surface area (Å²) in [4.78, 5) is 4.77. The lowest BCUT2D eigenvalue weighted by molar-refractivity contribution is 0.497. The zero-order chi connectivity index (χ0) is 15.0. The SMILES string of the molecule is CC1CCC(CNS(=O)(=O)c2c(NN)nc3sccn23)C1. The van der Waals surface area contributed by atoms with Crippen LogP contribution in [-0.2, 0) is 10.0 Å². The summed E-state index contributed by atoms with van der Waals surface area (Å²) in [6, 6.07) is 0. The molecule has 0 radical (unpaired) electrons. The van der Waals surface area contributed by atoms with Crippen molar-refractivity contribution < 1.29 is 8.42 Å². The molecular formula is C12H19N5O2S2. The number of sulfonamides is 1. The van der Waals surface area contributed by atoms with E-state index in [0.29, 0.717) is 23.3 Å². The molecular weight excluding hydrogens is 310 g/mol. The van der Waals surface area contributed by atoms with Crippen LogP contribution >= 0.6 is 11.3 Å². The van der Waals surface area contributed by atoms with Crippen LogP contribution in [0.1, 0.15) is 26.2 Å². The van der Waals surface area contributed by atoms with Gasteiger partial charge in [-0.05, 0) is 24.7 Å². The Morgan fingerprint density at radius 2 is 2.33 bits per heavy atom. The average Bonchev–Trinajstić information content (AvgIpc) is 3.10. The number of nitrogens with two attached hydrogens (primary N) is 1. The van der Waals surface area contributed by atoms with Crippen LogP contribution in [-0.4, -0.2) is 24.3 Å². The molecule has 2 unspecified atom stereocenters. The molecule has 1 aliphatic rings. The van der Waals surface area contributed by atoms with Gasteiger partial charge in [0.1, 0.15) is 0 Å². The number of nitrogen functional groups attached to an aromatic ring is 1. The van der Waals surface area contributed by atoms with Crippen molar-refractivity contribution in [3.05, 3.63) is 11.6 Å². The maximum absolute atomic E-state index is 12.6. The van der Waals surface area contributed by atoms with Crippen LogP contribution in [0.4, 0.5) is 5.82 Å². The van der Waals surface area contributed by atoms with Gasteiger partial charge in [-0.3, -0.25) is 4.40 Å². The van der Waals surface area contributed by atoms with Crippen molar-refractivity contribution in [3.63, 3.8) is 0 Å². The van der Waals surface area contributed by atoms with Crippen molar-refractivity contribution >= 4 is 32.1 Å². The number of aromatic nitrogens is 2. The molecule has 9 heteroatoms. The molecule has 2 aromatic heterocycles. The molecule has 2 heterocycles. The third kappa shape index (κ3) is 2.78. The molecule has 1 fully saturated rings. The molecule has 2 aromatic rings. The predicted molar refractivity (Wildman–Crippen MR) is 82.6 cm³/mol. The number of hydrogen-bond donors (Lipinski definition) is 3. The van der Waals surface area contributed by atoms with Crippen LogP contribution in [0.3, 0.4) is 0 Å². The van der Waals surface area contributed by atoms with Gasteiger partial charge >= 0.3 is 0 Å². The number of hydrogen-bond acceptors (Lipinski definition) is 6. The van der Waals surface area contributed by atoms with E-state index in [2.05, 4.69) is 22.1 Å². The molecule has 2 atom stereocenters. The van der Waals surface area contributed by atoms with Crippen molar-refractivity contribution in [1.82, 2.24) is 14.1 Å². The fourth-order valence-electron chi connectivity index (χ4n) is 2.92. The van der Waals surface area contributed by atoms with Gasteiger partial charge in [0.2, 0.25) is 5.03 Å². The highest BCUT2D eigenvalue weighted by Crippen LogP contribution is 2.30. The third-order valence-electron chi connectivity index (χ3n) is 3.97. The molecule has 116 valence electrons. The van der Waals surface area contributed by atoms with E-state index in [1.807, 2.05) is 0 Å². The van der Waals surface area contributed by atoms with Gasteiger partial charge in [-0.25, -0.2) is 19.0 Å². The fraction of sp³-hybridized carbons (Fsp3) is 0.583. The first-order chi connectivity index (χ1) is 10.0. The summed E-state index contributed by atoms with van der Waals surface area (Å²) >= 11 is 1.36. The van der Waals surface area contributed by atoms with Crippen molar-refractivity contribution in [2.75, 3.05) is 12.0 Å². The minimum atomic E-state index is -3.65. The Kier molecular flexibility index (Phi) is 3.91. The molecule has 1 aliphatic carbocycles. The lowest BCUT2D eigenvalue weighted by Gasteiger charge is -2.12. The Morgan fingerprint density at radius 1 is 1.52 bits per heavy atom. The van der Waals surface area contributed by atoms with Gasteiger partial charge in [-0.2, -0.15) is 4.98 Å². The molecule has 21 heavy (non-hydrogen) atoms. The Balaban J connectivity index is 1.84. The van der Waals surface area contributed by atoms with E-state index in [1.54, 1.807) is 16.0 Å². The lowest BCUT2D eigenvalue weighted by Crippen LogP contribution is -2.30. The van der Waals surface area contributed by atoms with Crippen LogP contribution < -0.4 is 16.0 Å². The summed E-state index contributed by atoms with van der Waals surface area (Å²) < 4.78 is 29.4. The molecule has 0 spiro atoms. The predicted octanol–water partition coefficient (Wildman–Crippen LogP) is 1.40. The first-order valence-corrected chi connectivity index (χ1v) is 9.29. The van der Waals surface area contributed by atoms with E-state index in [9.17, 15) is 8.42 Å². The summed E-state index contributed by atoms with van der Waals surface area (Å²) in [5.74, 6) is 6.66. The monoisotopic (exact) mass is 329 g/mol. The third-order valence-corrected chi connectivity index (χ3v) is 6.18. The standard InChI is InChI=1S/C12H19N5O2S2/c1-8-2-3-9(6-8)7-14-21(18,19)11-10(16-13)15-12-17(11)4-5-20-12/h4-5,8-9,14,16H,2-3,6-7,13H2,1H3. The zero-order valence-corrected chi connectivity index (χ0v) is 13.4. The summed E-state index contributed by atoms with van der Waals surface area (Å²) in [5, 5.41) is 1.87. The number of hydrazine groups is 1. The quantitative estimate of drug-likeness (QED) is 0.568. The molecule has 0 amide bonds. The number of fused-ring (bicyclic) bond motifs is 1. The number of nitrogens with zero attached hydrogens (tertiary/aromatic N) is 2. The number of anilines is 1. The number of rotatable bonds is 5. The van der Waals surface area contributed by atoms with E-state index in [1.165, 1.54) is 17.8 Å². The largest absolute Gasteiger partial charge is 0.306 e. The molecule has 3 rings (SSSR count). The van der Waals surface area contributed by atoms with E-state index in [-0.39, 0.29) is 10.8 Å². The van der Waals surface area contributed by atoms with Crippen LogP contribution in [0.25, 0.3) is 4.96 Å². The minimum Gasteiger partial charge on any atom is -0.306 e. The summed E-state index contributed by atoms with van der Waals surface area (Å²) in [6.45, 7) is 2.67. The lowest BCUT2D eigenvalue weighted by atomic mass is 10.1. The van der Waals surface area contributed by atoms with Crippen LogP contribution in [0, 0.1) is 11.8 Å². The molecule has 1 saturated carbocycles. The molecule has 0 aromatic carbocycles. The smallest absolute Gasteiger partial charge is 0.260 e. The maximum Gasteiger partial charge on any atom is 0.260 e. The molecule has 0 saturated heterocycles.